The molecule has 0 aromatic rings. The number of rotatable bonds is 7. The Labute approximate surface area is 89.7 Å². The van der Waals surface area contributed by atoms with E-state index in [0.29, 0.717) is 5.41 Å². The Hall–Kier alpha value is -0.0400. The first-order valence-corrected chi connectivity index (χ1v) is 6.35. The molecule has 1 rings (SSSR count). The van der Waals surface area contributed by atoms with Crippen LogP contribution in [0.1, 0.15) is 59.8 Å². The van der Waals surface area contributed by atoms with E-state index >= 15 is 0 Å². The molecule has 1 aliphatic carbocycles. The predicted molar refractivity (Wildman–Crippen MR) is 63.5 cm³/mol. The minimum atomic E-state index is 0.624. The highest BCUT2D eigenvalue weighted by molar-refractivity contribution is 5.01. The largest absolute Gasteiger partial charge is 0.314 e. The first kappa shape index (κ1) is 12.0. The zero-order valence-electron chi connectivity index (χ0n) is 10.4. The van der Waals surface area contributed by atoms with Crippen molar-refractivity contribution in [2.45, 2.75) is 65.8 Å². The molecule has 0 bridgehead atoms. The van der Waals surface area contributed by atoms with E-state index in [1.54, 1.807) is 0 Å². The van der Waals surface area contributed by atoms with E-state index in [2.05, 4.69) is 33.0 Å². The molecular formula is C13H27N. The summed E-state index contributed by atoms with van der Waals surface area (Å²) in [5.41, 5.74) is 0.624. The van der Waals surface area contributed by atoms with E-state index in [4.69, 9.17) is 0 Å². The van der Waals surface area contributed by atoms with Crippen LogP contribution in [0.3, 0.4) is 0 Å². The predicted octanol–water partition coefficient (Wildman–Crippen LogP) is 3.59. The summed E-state index contributed by atoms with van der Waals surface area (Å²) >= 11 is 0. The van der Waals surface area contributed by atoms with Crippen molar-refractivity contribution in [3.8, 4) is 0 Å². The van der Waals surface area contributed by atoms with Gasteiger partial charge in [0.15, 0.2) is 0 Å². The van der Waals surface area contributed by atoms with Crippen molar-refractivity contribution in [1.29, 1.82) is 0 Å². The monoisotopic (exact) mass is 197 g/mol. The molecule has 0 aromatic heterocycles. The highest BCUT2D eigenvalue weighted by Crippen LogP contribution is 2.54. The fraction of sp³-hybridized carbons (Fsp3) is 1.00. The van der Waals surface area contributed by atoms with E-state index in [0.717, 1.165) is 12.0 Å². The van der Waals surface area contributed by atoms with Gasteiger partial charge in [0, 0.05) is 6.04 Å². The molecule has 1 nitrogen and oxygen atoms in total. The van der Waals surface area contributed by atoms with Gasteiger partial charge < -0.3 is 5.32 Å². The highest BCUT2D eigenvalue weighted by atomic mass is 14.9. The van der Waals surface area contributed by atoms with E-state index in [1.165, 1.54) is 38.6 Å². The maximum absolute atomic E-state index is 3.72. The van der Waals surface area contributed by atoms with Crippen LogP contribution in [0.4, 0.5) is 0 Å². The van der Waals surface area contributed by atoms with Gasteiger partial charge in [-0.2, -0.15) is 0 Å². The molecular weight excluding hydrogens is 170 g/mol. The summed E-state index contributed by atoms with van der Waals surface area (Å²) in [6, 6.07) is 0.796. The quantitative estimate of drug-likeness (QED) is 0.657. The molecule has 1 aliphatic rings. The summed E-state index contributed by atoms with van der Waals surface area (Å²) < 4.78 is 0. The van der Waals surface area contributed by atoms with Gasteiger partial charge in [0.1, 0.15) is 0 Å². The smallest absolute Gasteiger partial charge is 0.0101 e. The fourth-order valence-electron chi connectivity index (χ4n) is 2.39. The second kappa shape index (κ2) is 5.16. The molecule has 84 valence electrons. The average molecular weight is 197 g/mol. The van der Waals surface area contributed by atoms with Crippen molar-refractivity contribution in [1.82, 2.24) is 5.32 Å². The SMILES string of the molecule is CCCCC(NCCC)C1CC1(C)C. The third kappa shape index (κ3) is 3.27. The van der Waals surface area contributed by atoms with E-state index < -0.39 is 0 Å². The Morgan fingerprint density at radius 1 is 1.29 bits per heavy atom. The summed E-state index contributed by atoms with van der Waals surface area (Å²) in [6.07, 6.45) is 6.78. The van der Waals surface area contributed by atoms with Crippen molar-refractivity contribution in [3.05, 3.63) is 0 Å². The lowest BCUT2D eigenvalue weighted by Gasteiger charge is -2.19. The van der Waals surface area contributed by atoms with Crippen molar-refractivity contribution in [2.24, 2.45) is 11.3 Å². The van der Waals surface area contributed by atoms with Gasteiger partial charge in [-0.3, -0.25) is 0 Å². The van der Waals surface area contributed by atoms with Crippen LogP contribution >= 0.6 is 0 Å². The molecule has 0 heterocycles. The minimum Gasteiger partial charge on any atom is -0.314 e. The van der Waals surface area contributed by atoms with E-state index in [1.807, 2.05) is 0 Å². The topological polar surface area (TPSA) is 12.0 Å². The molecule has 14 heavy (non-hydrogen) atoms. The molecule has 0 saturated heterocycles. The molecule has 0 amide bonds. The average Bonchev–Trinajstić information content (AvgIpc) is 2.75. The Bertz CT molecular complexity index is 155. The molecule has 1 fully saturated rings. The van der Waals surface area contributed by atoms with Gasteiger partial charge in [-0.1, -0.05) is 40.5 Å². The molecule has 0 spiro atoms. The summed E-state index contributed by atoms with van der Waals surface area (Å²) in [5, 5.41) is 3.72. The van der Waals surface area contributed by atoms with Crippen LogP contribution in [0, 0.1) is 11.3 Å². The summed E-state index contributed by atoms with van der Waals surface area (Å²) in [5.74, 6) is 0.945. The van der Waals surface area contributed by atoms with Crippen LogP contribution in [-0.4, -0.2) is 12.6 Å². The first-order chi connectivity index (χ1) is 6.61. The third-order valence-electron chi connectivity index (χ3n) is 3.60. The molecule has 2 atom stereocenters. The Morgan fingerprint density at radius 3 is 2.36 bits per heavy atom. The van der Waals surface area contributed by atoms with Crippen LogP contribution < -0.4 is 5.32 Å². The van der Waals surface area contributed by atoms with Gasteiger partial charge in [-0.05, 0) is 37.1 Å². The number of unbranched alkanes of at least 4 members (excludes halogenated alkanes) is 1. The second-order valence-corrected chi connectivity index (χ2v) is 5.50. The number of hydrogen-bond acceptors (Lipinski definition) is 1. The van der Waals surface area contributed by atoms with Crippen LogP contribution in [0.2, 0.25) is 0 Å². The molecule has 1 heteroatoms. The molecule has 0 aromatic carbocycles. The molecule has 0 radical (unpaired) electrons. The zero-order valence-corrected chi connectivity index (χ0v) is 10.4. The van der Waals surface area contributed by atoms with Gasteiger partial charge in [0.25, 0.3) is 0 Å². The lowest BCUT2D eigenvalue weighted by Crippen LogP contribution is -2.33. The van der Waals surface area contributed by atoms with Crippen LogP contribution in [0.25, 0.3) is 0 Å². The molecule has 1 saturated carbocycles. The molecule has 2 unspecified atom stereocenters. The number of nitrogens with one attached hydrogen (secondary N) is 1. The van der Waals surface area contributed by atoms with Crippen molar-refractivity contribution < 1.29 is 0 Å². The maximum Gasteiger partial charge on any atom is 0.0101 e. The third-order valence-corrected chi connectivity index (χ3v) is 3.60. The van der Waals surface area contributed by atoms with Crippen molar-refractivity contribution in [3.63, 3.8) is 0 Å². The van der Waals surface area contributed by atoms with E-state index in [9.17, 15) is 0 Å². The zero-order chi connectivity index (χ0) is 10.6. The van der Waals surface area contributed by atoms with E-state index in [-0.39, 0.29) is 0 Å². The van der Waals surface area contributed by atoms with Crippen LogP contribution in [0.5, 0.6) is 0 Å². The van der Waals surface area contributed by atoms with Gasteiger partial charge in [-0.15, -0.1) is 0 Å². The first-order valence-electron chi connectivity index (χ1n) is 6.35. The normalized spacial score (nSPS) is 26.1. The second-order valence-electron chi connectivity index (χ2n) is 5.50. The lowest BCUT2D eigenvalue weighted by molar-refractivity contribution is 0.376. The minimum absolute atomic E-state index is 0.624. The van der Waals surface area contributed by atoms with Gasteiger partial charge >= 0.3 is 0 Å². The highest BCUT2D eigenvalue weighted by Gasteiger charge is 2.49. The van der Waals surface area contributed by atoms with Crippen LogP contribution in [-0.2, 0) is 0 Å². The summed E-state index contributed by atoms with van der Waals surface area (Å²) in [4.78, 5) is 0. The lowest BCUT2D eigenvalue weighted by atomic mass is 9.99. The maximum atomic E-state index is 3.72. The Kier molecular flexibility index (Phi) is 4.43. The van der Waals surface area contributed by atoms with Crippen LogP contribution in [0.15, 0.2) is 0 Å². The summed E-state index contributed by atoms with van der Waals surface area (Å²) in [7, 11) is 0. The molecule has 1 N–H and O–H groups in total. The van der Waals surface area contributed by atoms with Crippen molar-refractivity contribution in [2.75, 3.05) is 6.54 Å². The number of hydrogen-bond donors (Lipinski definition) is 1. The van der Waals surface area contributed by atoms with Gasteiger partial charge in [0.2, 0.25) is 0 Å². The molecule has 0 aliphatic heterocycles. The fourth-order valence-corrected chi connectivity index (χ4v) is 2.39. The Morgan fingerprint density at radius 2 is 1.93 bits per heavy atom. The van der Waals surface area contributed by atoms with Crippen molar-refractivity contribution >= 4 is 0 Å². The standard InChI is InChI=1S/C13H27N/c1-5-7-8-12(14-9-6-2)11-10-13(11,3)4/h11-12,14H,5-10H2,1-4H3. The van der Waals surface area contributed by atoms with Gasteiger partial charge in [-0.25, -0.2) is 0 Å². The Balaban J connectivity index is 2.30. The van der Waals surface area contributed by atoms with Gasteiger partial charge in [0.05, 0.1) is 0 Å². The summed E-state index contributed by atoms with van der Waals surface area (Å²) in [6.45, 7) is 10.5.